The topological polar surface area (TPSA) is 56.8 Å². The molecule has 0 aliphatic rings. The molecule has 0 atom stereocenters. The molecular weight excluding hydrogens is 390 g/mol. The lowest BCUT2D eigenvalue weighted by Crippen LogP contribution is -2.26. The summed E-state index contributed by atoms with van der Waals surface area (Å²) < 4.78 is 16.6. The number of hydrogen-bond acceptors (Lipinski definition) is 4. The summed E-state index contributed by atoms with van der Waals surface area (Å²) in [5, 5.41) is 2.86. The first-order valence-corrected chi connectivity index (χ1v) is 10.1. The minimum absolute atomic E-state index is 0.179. The van der Waals surface area contributed by atoms with Gasteiger partial charge < -0.3 is 19.5 Å². The van der Waals surface area contributed by atoms with E-state index in [9.17, 15) is 4.79 Å². The highest BCUT2D eigenvalue weighted by Gasteiger charge is 2.14. The largest absolute Gasteiger partial charge is 0.493 e. The molecule has 0 fully saturated rings. The van der Waals surface area contributed by atoms with Gasteiger partial charge in [-0.15, -0.1) is 0 Å². The van der Waals surface area contributed by atoms with E-state index in [4.69, 9.17) is 14.2 Å². The molecule has 5 nitrogen and oxygen atoms in total. The van der Waals surface area contributed by atoms with Gasteiger partial charge >= 0.3 is 0 Å². The van der Waals surface area contributed by atoms with Crippen molar-refractivity contribution in [2.24, 2.45) is 0 Å². The Bertz CT molecular complexity index is 947. The lowest BCUT2D eigenvalue weighted by atomic mass is 10.0. The normalized spacial score (nSPS) is 10.9. The zero-order valence-corrected chi connectivity index (χ0v) is 17.8. The zero-order valence-electron chi connectivity index (χ0n) is 17.8. The van der Waals surface area contributed by atoms with Crippen LogP contribution in [0.3, 0.4) is 0 Å². The van der Waals surface area contributed by atoms with Gasteiger partial charge in [0.1, 0.15) is 6.10 Å². The van der Waals surface area contributed by atoms with Crippen molar-refractivity contribution in [3.8, 4) is 11.5 Å². The van der Waals surface area contributed by atoms with E-state index in [1.807, 2.05) is 72.8 Å². The molecule has 31 heavy (non-hydrogen) atoms. The van der Waals surface area contributed by atoms with E-state index in [-0.39, 0.29) is 12.0 Å². The monoisotopic (exact) mass is 417 g/mol. The van der Waals surface area contributed by atoms with Crippen LogP contribution >= 0.6 is 0 Å². The molecular formula is C26H27NO4. The standard InChI is InChI=1S/C26H27NO4/c1-29-23-15-13-20(19-24(23)30-2)14-16-25(28)27-17-18-31-26(21-9-5-3-6-10-21)22-11-7-4-8-12-22/h3-16,19,26H,17-18H2,1-2H3,(H,27,28). The van der Waals surface area contributed by atoms with Crippen molar-refractivity contribution in [2.75, 3.05) is 27.4 Å². The fraction of sp³-hybridized carbons (Fsp3) is 0.192. The molecule has 0 saturated heterocycles. The summed E-state index contributed by atoms with van der Waals surface area (Å²) in [5.41, 5.74) is 3.00. The van der Waals surface area contributed by atoms with Crippen molar-refractivity contribution in [3.63, 3.8) is 0 Å². The van der Waals surface area contributed by atoms with Crippen LogP contribution < -0.4 is 14.8 Å². The molecule has 0 spiro atoms. The Hall–Kier alpha value is -3.57. The van der Waals surface area contributed by atoms with Crippen LogP contribution in [0.25, 0.3) is 6.08 Å². The Morgan fingerprint density at radius 3 is 2.06 bits per heavy atom. The Balaban J connectivity index is 1.53. The summed E-state index contributed by atoms with van der Waals surface area (Å²) in [5.74, 6) is 1.08. The third-order valence-electron chi connectivity index (χ3n) is 4.73. The number of benzene rings is 3. The minimum atomic E-state index is -0.186. The van der Waals surface area contributed by atoms with E-state index in [0.717, 1.165) is 16.7 Å². The molecule has 0 aliphatic carbocycles. The maximum Gasteiger partial charge on any atom is 0.244 e. The van der Waals surface area contributed by atoms with Crippen LogP contribution in [0.2, 0.25) is 0 Å². The number of ether oxygens (including phenoxy) is 3. The molecule has 3 rings (SSSR count). The quantitative estimate of drug-likeness (QED) is 0.386. The van der Waals surface area contributed by atoms with Gasteiger partial charge in [0.15, 0.2) is 11.5 Å². The summed E-state index contributed by atoms with van der Waals surface area (Å²) in [7, 11) is 3.17. The van der Waals surface area contributed by atoms with Crippen LogP contribution in [0, 0.1) is 0 Å². The molecule has 0 bridgehead atoms. The Kier molecular flexibility index (Phi) is 8.26. The van der Waals surface area contributed by atoms with Gasteiger partial charge in [-0.1, -0.05) is 66.7 Å². The summed E-state index contributed by atoms with van der Waals surface area (Å²) in [6.45, 7) is 0.801. The van der Waals surface area contributed by atoms with Gasteiger partial charge in [-0.3, -0.25) is 4.79 Å². The van der Waals surface area contributed by atoms with Crippen LogP contribution in [0.4, 0.5) is 0 Å². The predicted octanol–water partition coefficient (Wildman–Crippen LogP) is 4.64. The molecule has 160 valence electrons. The maximum atomic E-state index is 12.2. The molecule has 0 aliphatic heterocycles. The highest BCUT2D eigenvalue weighted by Crippen LogP contribution is 2.28. The Morgan fingerprint density at radius 2 is 1.48 bits per heavy atom. The van der Waals surface area contributed by atoms with Gasteiger partial charge in [0.25, 0.3) is 0 Å². The number of hydrogen-bond donors (Lipinski definition) is 1. The van der Waals surface area contributed by atoms with E-state index in [1.54, 1.807) is 26.4 Å². The smallest absolute Gasteiger partial charge is 0.244 e. The Morgan fingerprint density at radius 1 is 0.871 bits per heavy atom. The second kappa shape index (κ2) is 11.6. The molecule has 0 aromatic heterocycles. The maximum absolute atomic E-state index is 12.2. The first-order valence-electron chi connectivity index (χ1n) is 10.1. The molecule has 5 heteroatoms. The van der Waals surface area contributed by atoms with Crippen molar-refractivity contribution in [1.82, 2.24) is 5.32 Å². The molecule has 0 unspecified atom stereocenters. The number of carbonyl (C=O) groups is 1. The molecule has 3 aromatic rings. The molecule has 0 heterocycles. The van der Waals surface area contributed by atoms with Crippen LogP contribution in [-0.2, 0) is 9.53 Å². The summed E-state index contributed by atoms with van der Waals surface area (Å²) in [6, 6.07) is 25.6. The fourth-order valence-corrected chi connectivity index (χ4v) is 3.18. The highest BCUT2D eigenvalue weighted by molar-refractivity contribution is 5.91. The average molecular weight is 418 g/mol. The van der Waals surface area contributed by atoms with Gasteiger partial charge in [0.2, 0.25) is 5.91 Å². The number of carbonyl (C=O) groups excluding carboxylic acids is 1. The van der Waals surface area contributed by atoms with E-state index in [0.29, 0.717) is 24.7 Å². The SMILES string of the molecule is COc1ccc(C=CC(=O)NCCOC(c2ccccc2)c2ccccc2)cc1OC. The number of amides is 1. The van der Waals surface area contributed by atoms with Crippen LogP contribution in [0.5, 0.6) is 11.5 Å². The second-order valence-electron chi connectivity index (χ2n) is 6.81. The zero-order chi connectivity index (χ0) is 21.9. The van der Waals surface area contributed by atoms with Gasteiger partial charge in [0, 0.05) is 12.6 Å². The van der Waals surface area contributed by atoms with Gasteiger partial charge in [-0.25, -0.2) is 0 Å². The Labute approximate surface area is 183 Å². The molecule has 1 amide bonds. The summed E-state index contributed by atoms with van der Waals surface area (Å²) in [4.78, 5) is 12.2. The van der Waals surface area contributed by atoms with Crippen LogP contribution in [0.15, 0.2) is 84.9 Å². The lowest BCUT2D eigenvalue weighted by Gasteiger charge is -2.19. The predicted molar refractivity (Wildman–Crippen MR) is 122 cm³/mol. The summed E-state index contributed by atoms with van der Waals surface area (Å²) in [6.07, 6.45) is 3.05. The lowest BCUT2D eigenvalue weighted by molar-refractivity contribution is -0.116. The second-order valence-corrected chi connectivity index (χ2v) is 6.81. The average Bonchev–Trinajstić information content (AvgIpc) is 2.83. The molecule has 3 aromatic carbocycles. The number of methoxy groups -OCH3 is 2. The van der Waals surface area contributed by atoms with Crippen molar-refractivity contribution in [3.05, 3.63) is 102 Å². The van der Waals surface area contributed by atoms with Crippen molar-refractivity contribution >= 4 is 12.0 Å². The first kappa shape index (κ1) is 22.1. The van der Waals surface area contributed by atoms with E-state index >= 15 is 0 Å². The molecule has 0 saturated carbocycles. The first-order chi connectivity index (χ1) is 15.2. The van der Waals surface area contributed by atoms with Crippen LogP contribution in [0.1, 0.15) is 22.8 Å². The van der Waals surface area contributed by atoms with Crippen LogP contribution in [-0.4, -0.2) is 33.3 Å². The third-order valence-corrected chi connectivity index (χ3v) is 4.73. The van der Waals surface area contributed by atoms with Crippen molar-refractivity contribution < 1.29 is 19.0 Å². The van der Waals surface area contributed by atoms with E-state index in [2.05, 4.69) is 5.32 Å². The van der Waals surface area contributed by atoms with E-state index < -0.39 is 0 Å². The fourth-order valence-electron chi connectivity index (χ4n) is 3.18. The number of rotatable bonds is 10. The summed E-state index contributed by atoms with van der Waals surface area (Å²) >= 11 is 0. The van der Waals surface area contributed by atoms with E-state index in [1.165, 1.54) is 6.08 Å². The third kappa shape index (κ3) is 6.46. The van der Waals surface area contributed by atoms with Crippen molar-refractivity contribution in [1.29, 1.82) is 0 Å². The molecule has 1 N–H and O–H groups in total. The number of nitrogens with one attached hydrogen (secondary N) is 1. The van der Waals surface area contributed by atoms with Gasteiger partial charge in [-0.05, 0) is 34.9 Å². The minimum Gasteiger partial charge on any atom is -0.493 e. The van der Waals surface area contributed by atoms with Gasteiger partial charge in [-0.2, -0.15) is 0 Å². The highest BCUT2D eigenvalue weighted by atomic mass is 16.5. The van der Waals surface area contributed by atoms with Gasteiger partial charge in [0.05, 0.1) is 20.8 Å². The molecule has 0 radical (unpaired) electrons. The van der Waals surface area contributed by atoms with Crippen molar-refractivity contribution in [2.45, 2.75) is 6.10 Å².